The van der Waals surface area contributed by atoms with E-state index in [0.717, 1.165) is 17.8 Å². The molecule has 2 aliphatic rings. The summed E-state index contributed by atoms with van der Waals surface area (Å²) in [5.41, 5.74) is 1.56. The topological polar surface area (TPSA) is 9.23 Å². The van der Waals surface area contributed by atoms with Crippen LogP contribution in [0.3, 0.4) is 0 Å². The second-order valence-electron chi connectivity index (χ2n) is 8.49. The number of rotatable bonds is 5. The van der Waals surface area contributed by atoms with Crippen molar-refractivity contribution < 1.29 is 4.43 Å². The molecule has 21 heavy (non-hydrogen) atoms. The van der Waals surface area contributed by atoms with E-state index in [-0.39, 0.29) is 0 Å². The Kier molecular flexibility index (Phi) is 5.99. The lowest BCUT2D eigenvalue weighted by atomic mass is 9.70. The van der Waals surface area contributed by atoms with E-state index in [2.05, 4.69) is 33.5 Å². The normalized spacial score (nSPS) is 31.4. The van der Waals surface area contributed by atoms with Gasteiger partial charge in [0.05, 0.1) is 5.76 Å². The van der Waals surface area contributed by atoms with Gasteiger partial charge < -0.3 is 4.43 Å². The fourth-order valence-electron chi connectivity index (χ4n) is 4.41. The van der Waals surface area contributed by atoms with Crippen LogP contribution in [0.25, 0.3) is 0 Å². The van der Waals surface area contributed by atoms with Gasteiger partial charge in [0, 0.05) is 6.42 Å². The van der Waals surface area contributed by atoms with E-state index in [1.54, 1.807) is 5.57 Å². The van der Waals surface area contributed by atoms with Gasteiger partial charge in [-0.2, -0.15) is 0 Å². The van der Waals surface area contributed by atoms with Crippen molar-refractivity contribution in [2.75, 3.05) is 0 Å². The lowest BCUT2D eigenvalue weighted by Crippen LogP contribution is -2.29. The van der Waals surface area contributed by atoms with Crippen molar-refractivity contribution in [2.24, 2.45) is 17.8 Å². The highest BCUT2D eigenvalue weighted by Crippen LogP contribution is 2.42. The average Bonchev–Trinajstić information content (AvgIpc) is 2.41. The van der Waals surface area contributed by atoms with Gasteiger partial charge in [0.15, 0.2) is 0 Å². The Hall–Kier alpha value is -0.243. The molecular formula is C19H36OSi. The van der Waals surface area contributed by atoms with Crippen molar-refractivity contribution >= 4 is 8.32 Å². The van der Waals surface area contributed by atoms with Crippen LogP contribution >= 0.6 is 0 Å². The van der Waals surface area contributed by atoms with E-state index in [0.29, 0.717) is 0 Å². The molecule has 122 valence electrons. The molecule has 1 saturated carbocycles. The fourth-order valence-corrected chi connectivity index (χ4v) is 5.42. The Bertz CT molecular complexity index is 358. The highest BCUT2D eigenvalue weighted by atomic mass is 28.4. The van der Waals surface area contributed by atoms with E-state index in [1.807, 2.05) is 0 Å². The van der Waals surface area contributed by atoms with Crippen LogP contribution in [0.1, 0.15) is 71.6 Å². The minimum absolute atomic E-state index is 0.946. The molecule has 2 aliphatic carbocycles. The van der Waals surface area contributed by atoms with Gasteiger partial charge in [-0.3, -0.25) is 0 Å². The Morgan fingerprint density at radius 1 is 1.00 bits per heavy atom. The molecule has 0 heterocycles. The molecule has 1 nitrogen and oxygen atoms in total. The first kappa shape index (κ1) is 17.1. The zero-order valence-corrected chi connectivity index (χ0v) is 16.0. The van der Waals surface area contributed by atoms with Crippen LogP contribution in [0.2, 0.25) is 19.6 Å². The first-order valence-electron chi connectivity index (χ1n) is 9.26. The molecule has 0 aliphatic heterocycles. The average molecular weight is 309 g/mol. The second-order valence-corrected chi connectivity index (χ2v) is 12.9. The van der Waals surface area contributed by atoms with Gasteiger partial charge in [0.2, 0.25) is 8.32 Å². The predicted molar refractivity (Wildman–Crippen MR) is 94.8 cm³/mol. The van der Waals surface area contributed by atoms with Crippen molar-refractivity contribution in [3.63, 3.8) is 0 Å². The van der Waals surface area contributed by atoms with Crippen LogP contribution in [0, 0.1) is 17.8 Å². The molecule has 0 radical (unpaired) electrons. The van der Waals surface area contributed by atoms with Gasteiger partial charge in [-0.05, 0) is 75.6 Å². The Morgan fingerprint density at radius 3 is 2.19 bits per heavy atom. The third-order valence-corrected chi connectivity index (χ3v) is 6.33. The van der Waals surface area contributed by atoms with Crippen LogP contribution in [-0.4, -0.2) is 8.32 Å². The van der Waals surface area contributed by atoms with Crippen LogP contribution < -0.4 is 0 Å². The van der Waals surface area contributed by atoms with Crippen LogP contribution in [0.4, 0.5) is 0 Å². The van der Waals surface area contributed by atoms with Gasteiger partial charge >= 0.3 is 0 Å². The third-order valence-electron chi connectivity index (χ3n) is 5.47. The molecule has 0 aromatic carbocycles. The maximum Gasteiger partial charge on any atom is 0.241 e. The van der Waals surface area contributed by atoms with Gasteiger partial charge in [0.1, 0.15) is 0 Å². The van der Waals surface area contributed by atoms with Gasteiger partial charge in [0.25, 0.3) is 0 Å². The van der Waals surface area contributed by atoms with E-state index in [4.69, 9.17) is 4.43 Å². The SMILES string of the molecule is CCC[C@H]1CC[C@H](C2CCC(O[Si](C)(C)C)=C(C)C2)CC1. The molecule has 1 unspecified atom stereocenters. The molecule has 0 spiro atoms. The molecule has 1 atom stereocenters. The number of hydrogen-bond acceptors (Lipinski definition) is 1. The minimum Gasteiger partial charge on any atom is -0.547 e. The molecule has 2 heteroatoms. The first-order chi connectivity index (χ1) is 9.89. The zero-order valence-electron chi connectivity index (χ0n) is 15.0. The van der Waals surface area contributed by atoms with Gasteiger partial charge in [-0.15, -0.1) is 0 Å². The molecule has 0 amide bonds. The maximum atomic E-state index is 6.29. The molecule has 0 saturated heterocycles. The largest absolute Gasteiger partial charge is 0.547 e. The predicted octanol–water partition coefficient (Wildman–Crippen LogP) is 6.52. The summed E-state index contributed by atoms with van der Waals surface area (Å²) in [6.07, 6.45) is 12.7. The van der Waals surface area contributed by atoms with Crippen LogP contribution in [-0.2, 0) is 4.43 Å². The highest BCUT2D eigenvalue weighted by Gasteiger charge is 2.31. The van der Waals surface area contributed by atoms with Crippen molar-refractivity contribution in [3.8, 4) is 0 Å². The van der Waals surface area contributed by atoms with Crippen molar-refractivity contribution in [2.45, 2.75) is 91.3 Å². The van der Waals surface area contributed by atoms with Crippen molar-refractivity contribution in [1.82, 2.24) is 0 Å². The molecule has 0 aromatic heterocycles. The quantitative estimate of drug-likeness (QED) is 0.525. The van der Waals surface area contributed by atoms with Gasteiger partial charge in [-0.25, -0.2) is 0 Å². The Balaban J connectivity index is 1.86. The summed E-state index contributed by atoms with van der Waals surface area (Å²) < 4.78 is 6.29. The smallest absolute Gasteiger partial charge is 0.241 e. The zero-order chi connectivity index (χ0) is 15.5. The summed E-state index contributed by atoms with van der Waals surface area (Å²) in [4.78, 5) is 0. The van der Waals surface area contributed by atoms with E-state index >= 15 is 0 Å². The van der Waals surface area contributed by atoms with Gasteiger partial charge in [-0.1, -0.05) is 32.6 Å². The molecule has 0 N–H and O–H groups in total. The summed E-state index contributed by atoms with van der Waals surface area (Å²) in [5, 5.41) is 0. The van der Waals surface area contributed by atoms with Crippen molar-refractivity contribution in [1.29, 1.82) is 0 Å². The minimum atomic E-state index is -1.42. The van der Waals surface area contributed by atoms with Crippen LogP contribution in [0.5, 0.6) is 0 Å². The fraction of sp³-hybridized carbons (Fsp3) is 0.895. The summed E-state index contributed by atoms with van der Waals surface area (Å²) in [7, 11) is -1.42. The molecule has 0 bridgehead atoms. The maximum absolute atomic E-state index is 6.29. The summed E-state index contributed by atoms with van der Waals surface area (Å²) in [5.74, 6) is 4.34. The Morgan fingerprint density at radius 2 is 1.67 bits per heavy atom. The van der Waals surface area contributed by atoms with Crippen molar-refractivity contribution in [3.05, 3.63) is 11.3 Å². The summed E-state index contributed by atoms with van der Waals surface area (Å²) in [6, 6.07) is 0. The molecule has 1 fully saturated rings. The molecular weight excluding hydrogens is 272 g/mol. The summed E-state index contributed by atoms with van der Waals surface area (Å²) in [6.45, 7) is 11.6. The molecule has 0 aromatic rings. The Labute approximate surface area is 133 Å². The first-order valence-corrected chi connectivity index (χ1v) is 12.7. The molecule has 2 rings (SSSR count). The highest BCUT2D eigenvalue weighted by molar-refractivity contribution is 6.70. The summed E-state index contributed by atoms with van der Waals surface area (Å²) >= 11 is 0. The van der Waals surface area contributed by atoms with Crippen LogP contribution in [0.15, 0.2) is 11.3 Å². The monoisotopic (exact) mass is 308 g/mol. The number of hydrogen-bond donors (Lipinski definition) is 0. The van der Waals surface area contributed by atoms with E-state index < -0.39 is 8.32 Å². The lowest BCUT2D eigenvalue weighted by molar-refractivity contribution is 0.176. The number of allylic oxidation sites excluding steroid dienone is 2. The van der Waals surface area contributed by atoms with E-state index in [1.165, 1.54) is 63.5 Å². The lowest BCUT2D eigenvalue weighted by Gasteiger charge is -2.37. The third kappa shape index (κ3) is 5.16. The standard InChI is InChI=1S/C19H36OSi/c1-6-7-16-8-10-17(11-9-16)18-12-13-19(15(2)14-18)20-21(3,4)5/h16-18H,6-14H2,1-5H3/t16-,17-,18?. The van der Waals surface area contributed by atoms with E-state index in [9.17, 15) is 0 Å². The second kappa shape index (κ2) is 7.35.